The van der Waals surface area contributed by atoms with Crippen LogP contribution in [0.2, 0.25) is 0 Å². The average molecular weight is 503 g/mol. The zero-order chi connectivity index (χ0) is 25.7. The number of carbonyl (C=O) groups excluding carboxylic acids is 1. The van der Waals surface area contributed by atoms with Gasteiger partial charge in [0.1, 0.15) is 0 Å². The van der Waals surface area contributed by atoms with Crippen molar-refractivity contribution >= 4 is 29.2 Å². The summed E-state index contributed by atoms with van der Waals surface area (Å²) in [5, 5.41) is 26.0. The molecule has 9 nitrogen and oxygen atoms in total. The maximum Gasteiger partial charge on any atom is 0.319 e. The number of non-ortho nitro benzene ring substituents is 1. The number of aryl methyl sites for hydroxylation is 3. The summed E-state index contributed by atoms with van der Waals surface area (Å²) in [5.74, 6) is 1.18. The molecule has 0 atom stereocenters. The van der Waals surface area contributed by atoms with E-state index in [2.05, 4.69) is 39.9 Å². The summed E-state index contributed by atoms with van der Waals surface area (Å²) in [5.41, 5.74) is 5.94. The quantitative estimate of drug-likeness (QED) is 0.181. The van der Waals surface area contributed by atoms with Crippen molar-refractivity contribution in [2.24, 2.45) is 0 Å². The summed E-state index contributed by atoms with van der Waals surface area (Å²) in [7, 11) is 0. The Morgan fingerprint density at radius 2 is 1.72 bits per heavy atom. The molecule has 1 heterocycles. The largest absolute Gasteiger partial charge is 0.331 e. The van der Waals surface area contributed by atoms with E-state index in [9.17, 15) is 14.9 Å². The third-order valence-electron chi connectivity index (χ3n) is 5.81. The molecular weight excluding hydrogens is 476 g/mol. The Balaban J connectivity index is 1.54. The lowest BCUT2D eigenvalue weighted by atomic mass is 10.1. The van der Waals surface area contributed by atoms with Crippen molar-refractivity contribution in [2.75, 3.05) is 5.32 Å². The fourth-order valence-corrected chi connectivity index (χ4v) is 4.61. The number of nitro benzene ring substituents is 1. The maximum absolute atomic E-state index is 12.5. The molecule has 4 rings (SSSR count). The normalized spacial score (nSPS) is 10.8. The van der Waals surface area contributed by atoms with E-state index in [1.54, 1.807) is 12.1 Å². The van der Waals surface area contributed by atoms with Crippen LogP contribution in [-0.2, 0) is 12.3 Å². The first-order valence-electron chi connectivity index (χ1n) is 11.3. The molecule has 184 valence electrons. The predicted molar refractivity (Wildman–Crippen MR) is 141 cm³/mol. The number of hydrogen-bond donors (Lipinski definition) is 2. The van der Waals surface area contributed by atoms with E-state index in [1.165, 1.54) is 35.0 Å². The van der Waals surface area contributed by atoms with Crippen LogP contribution in [0, 0.1) is 30.9 Å². The van der Waals surface area contributed by atoms with Gasteiger partial charge in [-0.15, -0.1) is 10.2 Å². The Labute approximate surface area is 213 Å². The van der Waals surface area contributed by atoms with Crippen molar-refractivity contribution in [1.29, 1.82) is 0 Å². The van der Waals surface area contributed by atoms with E-state index in [0.717, 1.165) is 11.1 Å². The zero-order valence-corrected chi connectivity index (χ0v) is 21.0. The second-order valence-corrected chi connectivity index (χ2v) is 9.27. The number of nitrogens with one attached hydrogen (secondary N) is 2. The number of rotatable bonds is 8. The smallest absolute Gasteiger partial charge is 0.319 e. The van der Waals surface area contributed by atoms with Crippen molar-refractivity contribution in [3.63, 3.8) is 0 Å². The fourth-order valence-electron chi connectivity index (χ4n) is 3.56. The van der Waals surface area contributed by atoms with Gasteiger partial charge in [-0.3, -0.25) is 14.7 Å². The third kappa shape index (κ3) is 5.89. The van der Waals surface area contributed by atoms with Gasteiger partial charge in [0, 0.05) is 29.3 Å². The van der Waals surface area contributed by atoms with E-state index in [4.69, 9.17) is 0 Å². The van der Waals surface area contributed by atoms with Gasteiger partial charge in [-0.05, 0) is 67.3 Å². The van der Waals surface area contributed by atoms with Crippen LogP contribution in [0.25, 0.3) is 5.69 Å². The number of aromatic nitrogens is 3. The van der Waals surface area contributed by atoms with Crippen molar-refractivity contribution in [3.8, 4) is 5.69 Å². The van der Waals surface area contributed by atoms with Crippen molar-refractivity contribution < 1.29 is 9.72 Å². The van der Waals surface area contributed by atoms with Crippen LogP contribution in [0.4, 0.5) is 16.2 Å². The molecule has 2 N–H and O–H groups in total. The van der Waals surface area contributed by atoms with Gasteiger partial charge in [-0.1, -0.05) is 42.1 Å². The molecule has 0 aliphatic heterocycles. The van der Waals surface area contributed by atoms with Crippen molar-refractivity contribution in [1.82, 2.24) is 20.1 Å². The molecule has 0 bridgehead atoms. The first kappa shape index (κ1) is 24.9. The number of benzene rings is 3. The minimum absolute atomic E-state index is 0.00613. The number of amides is 2. The lowest BCUT2D eigenvalue weighted by molar-refractivity contribution is -0.384. The van der Waals surface area contributed by atoms with Crippen molar-refractivity contribution in [3.05, 3.63) is 105 Å². The number of nitro groups is 1. The molecule has 0 aliphatic rings. The summed E-state index contributed by atoms with van der Waals surface area (Å²) < 4.78 is 1.81. The number of anilines is 1. The topological polar surface area (TPSA) is 115 Å². The molecule has 3 aromatic carbocycles. The number of nitrogens with zero attached hydrogens (tertiary/aromatic N) is 4. The monoisotopic (exact) mass is 502 g/mol. The standard InChI is InChI=1S/C26H26N6O3S/c1-17-8-9-21(14-19(17)3)28-25(33)27-15-24-29-30-26(36-16-20-7-5-4-6-18(20)2)31(24)22-10-12-23(13-11-22)32(34)35/h4-14H,15-16H2,1-3H3,(H2,27,28,33). The van der Waals surface area contributed by atoms with Gasteiger partial charge in [-0.2, -0.15) is 0 Å². The minimum Gasteiger partial charge on any atom is -0.331 e. The molecule has 1 aromatic heterocycles. The van der Waals surface area contributed by atoms with E-state index >= 15 is 0 Å². The highest BCUT2D eigenvalue weighted by Crippen LogP contribution is 2.27. The van der Waals surface area contributed by atoms with Gasteiger partial charge in [0.2, 0.25) is 0 Å². The van der Waals surface area contributed by atoms with Crippen LogP contribution < -0.4 is 10.6 Å². The zero-order valence-electron chi connectivity index (χ0n) is 20.2. The first-order valence-corrected chi connectivity index (χ1v) is 12.3. The molecular formula is C26H26N6O3S. The Bertz CT molecular complexity index is 1400. The van der Waals surface area contributed by atoms with Gasteiger partial charge in [0.05, 0.1) is 11.5 Å². The van der Waals surface area contributed by atoms with Gasteiger partial charge in [0.25, 0.3) is 5.69 Å². The molecule has 0 aliphatic carbocycles. The number of urea groups is 1. The second kappa shape index (κ2) is 11.0. The van der Waals surface area contributed by atoms with Crippen LogP contribution in [0.15, 0.2) is 71.9 Å². The molecule has 0 saturated heterocycles. The predicted octanol–water partition coefficient (Wildman–Crippen LogP) is 5.71. The molecule has 0 spiro atoms. The second-order valence-electron chi connectivity index (χ2n) is 8.33. The fraction of sp³-hybridized carbons (Fsp3) is 0.192. The molecule has 0 unspecified atom stereocenters. The average Bonchev–Trinajstić information content (AvgIpc) is 3.27. The van der Waals surface area contributed by atoms with Crippen LogP contribution in [0.1, 0.15) is 28.1 Å². The molecule has 0 saturated carbocycles. The summed E-state index contributed by atoms with van der Waals surface area (Å²) in [6.07, 6.45) is 0. The molecule has 36 heavy (non-hydrogen) atoms. The Morgan fingerprint density at radius 3 is 2.42 bits per heavy atom. The summed E-state index contributed by atoms with van der Waals surface area (Å²) in [6, 6.07) is 19.6. The lowest BCUT2D eigenvalue weighted by Crippen LogP contribution is -2.29. The lowest BCUT2D eigenvalue weighted by Gasteiger charge is -2.12. The van der Waals surface area contributed by atoms with Gasteiger partial charge in [0.15, 0.2) is 11.0 Å². The Hall–Kier alpha value is -4.18. The Morgan fingerprint density at radius 1 is 0.972 bits per heavy atom. The van der Waals surface area contributed by atoms with E-state index in [0.29, 0.717) is 28.1 Å². The minimum atomic E-state index is -0.441. The van der Waals surface area contributed by atoms with Crippen LogP contribution >= 0.6 is 11.8 Å². The highest BCUT2D eigenvalue weighted by atomic mass is 32.2. The van der Waals surface area contributed by atoms with Gasteiger partial charge >= 0.3 is 6.03 Å². The third-order valence-corrected chi connectivity index (χ3v) is 6.79. The highest BCUT2D eigenvalue weighted by Gasteiger charge is 2.17. The SMILES string of the molecule is Cc1ccc(NC(=O)NCc2nnc(SCc3ccccc3C)n2-c2ccc([N+](=O)[O-])cc2)cc1C. The van der Waals surface area contributed by atoms with Gasteiger partial charge in [-0.25, -0.2) is 4.79 Å². The molecule has 4 aromatic rings. The Kier molecular flexibility index (Phi) is 7.65. The van der Waals surface area contributed by atoms with E-state index in [1.807, 2.05) is 48.7 Å². The molecule has 0 fully saturated rings. The van der Waals surface area contributed by atoms with Gasteiger partial charge < -0.3 is 10.6 Å². The molecule has 10 heteroatoms. The van der Waals surface area contributed by atoms with Crippen molar-refractivity contribution in [2.45, 2.75) is 38.2 Å². The molecule has 2 amide bonds. The van der Waals surface area contributed by atoms with E-state index in [-0.39, 0.29) is 18.3 Å². The summed E-state index contributed by atoms with van der Waals surface area (Å²) in [4.78, 5) is 23.2. The van der Waals surface area contributed by atoms with E-state index < -0.39 is 4.92 Å². The van der Waals surface area contributed by atoms with Crippen LogP contribution in [0.3, 0.4) is 0 Å². The molecule has 0 radical (unpaired) electrons. The first-order chi connectivity index (χ1) is 17.3. The van der Waals surface area contributed by atoms with Crippen LogP contribution in [-0.4, -0.2) is 25.7 Å². The summed E-state index contributed by atoms with van der Waals surface area (Å²) in [6.45, 7) is 6.17. The number of carbonyl (C=O) groups is 1. The highest BCUT2D eigenvalue weighted by molar-refractivity contribution is 7.98. The maximum atomic E-state index is 12.5. The summed E-state index contributed by atoms with van der Waals surface area (Å²) >= 11 is 1.51. The number of thioether (sulfide) groups is 1. The van der Waals surface area contributed by atoms with Crippen LogP contribution in [0.5, 0.6) is 0 Å². The number of hydrogen-bond acceptors (Lipinski definition) is 6.